The first-order chi connectivity index (χ1) is 13.7. The summed E-state index contributed by atoms with van der Waals surface area (Å²) in [7, 11) is -3.43. The van der Waals surface area contributed by atoms with Crippen LogP contribution in [0.2, 0.25) is 0 Å². The van der Waals surface area contributed by atoms with Crippen LogP contribution in [0.4, 0.5) is 0 Å². The number of hydrogen-bond donors (Lipinski definition) is 1. The standard InChI is InChI=1S/C23H30N2O3S/c1-21(2)18-8-10-23(21,20(15-18)24-26)16-29(27,28)25-13-11-22(12-14-25)9-7-17-5-3-4-6-19(17)22/h3-7,9,18,26H,8,10-16H2,1-2H3/t18?,23-/m1/s1. The van der Waals surface area contributed by atoms with E-state index in [1.165, 1.54) is 11.1 Å². The number of oxime groups is 1. The van der Waals surface area contributed by atoms with E-state index in [1.54, 1.807) is 4.31 Å². The van der Waals surface area contributed by atoms with E-state index < -0.39 is 15.4 Å². The Kier molecular flexibility index (Phi) is 4.11. The lowest BCUT2D eigenvalue weighted by Crippen LogP contribution is -2.50. The molecule has 3 aliphatic carbocycles. The summed E-state index contributed by atoms with van der Waals surface area (Å²) in [6.45, 7) is 5.41. The molecule has 1 aromatic rings. The maximum atomic E-state index is 13.5. The van der Waals surface area contributed by atoms with Crippen LogP contribution in [0.1, 0.15) is 57.1 Å². The van der Waals surface area contributed by atoms with Crippen LogP contribution in [0, 0.1) is 16.7 Å². The zero-order chi connectivity index (χ0) is 20.5. The average Bonchev–Trinajstić information content (AvgIpc) is 3.24. The number of benzene rings is 1. The predicted octanol–water partition coefficient (Wildman–Crippen LogP) is 4.03. The maximum absolute atomic E-state index is 13.5. The van der Waals surface area contributed by atoms with Crippen molar-refractivity contribution < 1.29 is 13.6 Å². The molecule has 1 heterocycles. The third-order valence-corrected chi connectivity index (χ3v) is 10.8. The van der Waals surface area contributed by atoms with Crippen molar-refractivity contribution in [1.29, 1.82) is 0 Å². The van der Waals surface area contributed by atoms with Gasteiger partial charge in [0.1, 0.15) is 0 Å². The van der Waals surface area contributed by atoms with Crippen LogP contribution in [-0.4, -0.2) is 42.5 Å². The Hall–Kier alpha value is -1.66. The molecule has 5 rings (SSSR count). The number of rotatable bonds is 3. The molecular weight excluding hydrogens is 384 g/mol. The molecule has 5 nitrogen and oxygen atoms in total. The van der Waals surface area contributed by atoms with Gasteiger partial charge in [0.2, 0.25) is 10.0 Å². The van der Waals surface area contributed by atoms with E-state index in [1.807, 2.05) is 0 Å². The summed E-state index contributed by atoms with van der Waals surface area (Å²) in [6, 6.07) is 8.45. The zero-order valence-electron chi connectivity index (χ0n) is 17.3. The van der Waals surface area contributed by atoms with Gasteiger partial charge in [0.25, 0.3) is 0 Å². The summed E-state index contributed by atoms with van der Waals surface area (Å²) in [5, 5.41) is 13.2. The summed E-state index contributed by atoms with van der Waals surface area (Å²) in [5.41, 5.74) is 2.59. The van der Waals surface area contributed by atoms with Crippen LogP contribution < -0.4 is 0 Å². The number of allylic oxidation sites excluding steroid dienone is 1. The highest BCUT2D eigenvalue weighted by molar-refractivity contribution is 7.89. The second-order valence-corrected chi connectivity index (χ2v) is 12.0. The molecule has 2 bridgehead atoms. The first-order valence-corrected chi connectivity index (χ1v) is 12.3. The summed E-state index contributed by atoms with van der Waals surface area (Å²) >= 11 is 0. The Morgan fingerprint density at radius 1 is 1.17 bits per heavy atom. The van der Waals surface area contributed by atoms with Crippen molar-refractivity contribution in [2.75, 3.05) is 18.8 Å². The normalized spacial score (nSPS) is 33.6. The number of piperidine rings is 1. The SMILES string of the molecule is CC1(C)C2CC[C@@]1(CS(=O)(=O)N1CCC3(C=Cc4ccccc43)CC1)C(=NO)C2. The molecule has 156 valence electrons. The van der Waals surface area contributed by atoms with Gasteiger partial charge in [-0.05, 0) is 54.6 Å². The number of sulfonamides is 1. The predicted molar refractivity (Wildman–Crippen MR) is 115 cm³/mol. The summed E-state index contributed by atoms with van der Waals surface area (Å²) in [6.07, 6.45) is 8.65. The lowest BCUT2D eigenvalue weighted by Gasteiger charge is -2.42. The molecule has 1 N–H and O–H groups in total. The van der Waals surface area contributed by atoms with Crippen LogP contribution >= 0.6 is 0 Å². The molecule has 0 radical (unpaired) electrons. The van der Waals surface area contributed by atoms with E-state index >= 15 is 0 Å². The summed E-state index contributed by atoms with van der Waals surface area (Å²) in [5.74, 6) is 0.482. The van der Waals surface area contributed by atoms with Gasteiger partial charge in [-0.1, -0.05) is 55.4 Å². The van der Waals surface area contributed by atoms with Crippen molar-refractivity contribution in [2.45, 2.75) is 51.4 Å². The van der Waals surface area contributed by atoms with Crippen molar-refractivity contribution in [1.82, 2.24) is 4.31 Å². The molecule has 29 heavy (non-hydrogen) atoms. The summed E-state index contributed by atoms with van der Waals surface area (Å²) in [4.78, 5) is 0. The first kappa shape index (κ1) is 19.3. The van der Waals surface area contributed by atoms with Gasteiger partial charge >= 0.3 is 0 Å². The van der Waals surface area contributed by atoms with Gasteiger partial charge in [0, 0.05) is 23.9 Å². The van der Waals surface area contributed by atoms with E-state index in [-0.39, 0.29) is 16.6 Å². The van der Waals surface area contributed by atoms with Crippen LogP contribution in [0.25, 0.3) is 6.08 Å². The number of fused-ring (bicyclic) bond motifs is 4. The highest BCUT2D eigenvalue weighted by Gasteiger charge is 2.64. The van der Waals surface area contributed by atoms with Gasteiger partial charge in [-0.25, -0.2) is 12.7 Å². The van der Waals surface area contributed by atoms with Gasteiger partial charge in [-0.15, -0.1) is 0 Å². The van der Waals surface area contributed by atoms with E-state index in [0.717, 1.165) is 32.1 Å². The quantitative estimate of drug-likeness (QED) is 0.600. The largest absolute Gasteiger partial charge is 0.411 e. The van der Waals surface area contributed by atoms with Gasteiger partial charge in [-0.2, -0.15) is 0 Å². The second kappa shape index (κ2) is 6.17. The van der Waals surface area contributed by atoms with Crippen molar-refractivity contribution >= 4 is 21.8 Å². The molecule has 1 aromatic carbocycles. The third kappa shape index (κ3) is 2.54. The van der Waals surface area contributed by atoms with Gasteiger partial charge in [0.15, 0.2) is 0 Å². The Bertz CT molecular complexity index is 1000. The topological polar surface area (TPSA) is 70.0 Å². The number of hydrogen-bond acceptors (Lipinski definition) is 4. The minimum Gasteiger partial charge on any atom is -0.411 e. The molecule has 2 atom stereocenters. The molecule has 1 unspecified atom stereocenters. The molecule has 1 saturated heterocycles. The van der Waals surface area contributed by atoms with Crippen molar-refractivity contribution in [3.63, 3.8) is 0 Å². The number of nitrogens with zero attached hydrogens (tertiary/aromatic N) is 2. The maximum Gasteiger partial charge on any atom is 0.215 e. The van der Waals surface area contributed by atoms with Crippen molar-refractivity contribution in [2.24, 2.45) is 21.9 Å². The van der Waals surface area contributed by atoms with Crippen molar-refractivity contribution in [3.8, 4) is 0 Å². The first-order valence-electron chi connectivity index (χ1n) is 10.7. The Balaban J connectivity index is 1.37. The molecule has 0 aromatic heterocycles. The Labute approximate surface area is 173 Å². The van der Waals surface area contributed by atoms with E-state index in [2.05, 4.69) is 55.4 Å². The van der Waals surface area contributed by atoms with E-state index in [9.17, 15) is 13.6 Å². The minimum absolute atomic E-state index is 0.0241. The molecule has 1 aliphatic heterocycles. The van der Waals surface area contributed by atoms with Crippen LogP contribution in [0.3, 0.4) is 0 Å². The third-order valence-electron chi connectivity index (χ3n) is 8.80. The van der Waals surface area contributed by atoms with Crippen molar-refractivity contribution in [3.05, 3.63) is 41.5 Å². The van der Waals surface area contributed by atoms with Crippen LogP contribution in [-0.2, 0) is 15.4 Å². The molecule has 1 spiro atoms. The zero-order valence-corrected chi connectivity index (χ0v) is 18.1. The highest BCUT2D eigenvalue weighted by Crippen LogP contribution is 2.64. The Morgan fingerprint density at radius 2 is 1.90 bits per heavy atom. The molecule has 3 fully saturated rings. The van der Waals surface area contributed by atoms with Crippen LogP contribution in [0.15, 0.2) is 35.5 Å². The average molecular weight is 415 g/mol. The molecule has 4 aliphatic rings. The highest BCUT2D eigenvalue weighted by atomic mass is 32.2. The fourth-order valence-corrected chi connectivity index (χ4v) is 8.94. The minimum atomic E-state index is -3.43. The lowest BCUT2D eigenvalue weighted by molar-refractivity contribution is 0.188. The Morgan fingerprint density at radius 3 is 2.59 bits per heavy atom. The lowest BCUT2D eigenvalue weighted by atomic mass is 9.70. The summed E-state index contributed by atoms with van der Waals surface area (Å²) < 4.78 is 28.7. The molecule has 0 amide bonds. The van der Waals surface area contributed by atoms with Gasteiger partial charge < -0.3 is 5.21 Å². The van der Waals surface area contributed by atoms with Gasteiger partial charge in [-0.3, -0.25) is 0 Å². The fraction of sp³-hybridized carbons (Fsp3) is 0.609. The molecule has 2 saturated carbocycles. The smallest absolute Gasteiger partial charge is 0.215 e. The van der Waals surface area contributed by atoms with Gasteiger partial charge in [0.05, 0.1) is 11.5 Å². The van der Waals surface area contributed by atoms with Crippen LogP contribution in [0.5, 0.6) is 0 Å². The van der Waals surface area contributed by atoms with E-state index in [0.29, 0.717) is 24.7 Å². The fourth-order valence-electron chi connectivity index (χ4n) is 6.71. The monoisotopic (exact) mass is 414 g/mol. The molecular formula is C23H30N2O3S. The van der Waals surface area contributed by atoms with E-state index in [4.69, 9.17) is 0 Å². The molecule has 6 heteroatoms. The second-order valence-electron chi connectivity index (χ2n) is 10.0.